The molecule has 0 bridgehead atoms. The summed E-state index contributed by atoms with van der Waals surface area (Å²) >= 11 is 6.06. The second kappa shape index (κ2) is 8.14. The largest absolute Gasteiger partial charge is 0.322 e. The number of carbonyl (C=O) groups is 1. The Labute approximate surface area is 143 Å². The van der Waals surface area contributed by atoms with Gasteiger partial charge in [-0.3, -0.25) is 4.79 Å². The number of carbonyl (C=O) groups excluding carboxylic acids is 1. The number of anilines is 1. The average molecular weight is 331 g/mol. The van der Waals surface area contributed by atoms with Gasteiger partial charge in [-0.25, -0.2) is 0 Å². The predicted octanol–water partition coefficient (Wildman–Crippen LogP) is 4.73. The first-order valence-corrected chi connectivity index (χ1v) is 8.23. The molecule has 0 saturated heterocycles. The van der Waals surface area contributed by atoms with Gasteiger partial charge in [0.2, 0.25) is 0 Å². The van der Waals surface area contributed by atoms with Crippen LogP contribution >= 0.6 is 11.6 Å². The van der Waals surface area contributed by atoms with E-state index in [0.717, 1.165) is 17.8 Å². The van der Waals surface area contributed by atoms with Crippen molar-refractivity contribution >= 4 is 23.2 Å². The predicted molar refractivity (Wildman–Crippen MR) is 97.0 cm³/mol. The van der Waals surface area contributed by atoms with Gasteiger partial charge < -0.3 is 10.6 Å². The maximum absolute atomic E-state index is 12.3. The quantitative estimate of drug-likeness (QED) is 0.804. The standard InChI is InChI=1S/C19H23ClN2O/c1-13(2)14(3)21-12-15-7-6-8-16(11-15)22-19(23)17-9-4-5-10-18(17)20/h4-11,13-14,21H,12H2,1-3H3,(H,22,23). The van der Waals surface area contributed by atoms with Gasteiger partial charge in [0.1, 0.15) is 0 Å². The van der Waals surface area contributed by atoms with Gasteiger partial charge in [-0.1, -0.05) is 49.7 Å². The molecule has 1 amide bonds. The SMILES string of the molecule is CC(C)C(C)NCc1cccc(NC(=O)c2ccccc2Cl)c1. The number of hydrogen-bond acceptors (Lipinski definition) is 2. The van der Waals surface area contributed by atoms with E-state index in [9.17, 15) is 4.79 Å². The lowest BCUT2D eigenvalue weighted by atomic mass is 10.1. The Balaban J connectivity index is 2.03. The molecule has 0 aromatic heterocycles. The Morgan fingerprint density at radius 3 is 2.52 bits per heavy atom. The van der Waals surface area contributed by atoms with Crippen molar-refractivity contribution in [2.75, 3.05) is 5.32 Å². The highest BCUT2D eigenvalue weighted by Crippen LogP contribution is 2.18. The summed E-state index contributed by atoms with van der Waals surface area (Å²) in [6.45, 7) is 7.33. The summed E-state index contributed by atoms with van der Waals surface area (Å²) in [6.07, 6.45) is 0. The Morgan fingerprint density at radius 2 is 1.83 bits per heavy atom. The third-order valence-electron chi connectivity index (χ3n) is 3.93. The van der Waals surface area contributed by atoms with Crippen molar-refractivity contribution in [3.8, 4) is 0 Å². The van der Waals surface area contributed by atoms with Crippen LogP contribution in [0.25, 0.3) is 0 Å². The average Bonchev–Trinajstić information content (AvgIpc) is 2.53. The summed E-state index contributed by atoms with van der Waals surface area (Å²) in [5, 5.41) is 6.84. The minimum Gasteiger partial charge on any atom is -0.322 e. The zero-order chi connectivity index (χ0) is 16.8. The summed E-state index contributed by atoms with van der Waals surface area (Å²) in [7, 11) is 0. The highest BCUT2D eigenvalue weighted by Gasteiger charge is 2.10. The van der Waals surface area contributed by atoms with Crippen LogP contribution in [-0.4, -0.2) is 11.9 Å². The summed E-state index contributed by atoms with van der Waals surface area (Å²) in [4.78, 5) is 12.3. The molecule has 0 aliphatic carbocycles. The van der Waals surface area contributed by atoms with Crippen LogP contribution in [-0.2, 0) is 6.54 Å². The third kappa shape index (κ3) is 5.08. The summed E-state index contributed by atoms with van der Waals surface area (Å²) in [6, 6.07) is 15.3. The first-order valence-electron chi connectivity index (χ1n) is 7.85. The number of nitrogens with one attached hydrogen (secondary N) is 2. The molecule has 3 nitrogen and oxygen atoms in total. The molecule has 2 aromatic rings. The molecule has 0 heterocycles. The Bertz CT molecular complexity index is 670. The molecule has 0 saturated carbocycles. The molecule has 0 aliphatic heterocycles. The van der Waals surface area contributed by atoms with Gasteiger partial charge in [0.05, 0.1) is 10.6 Å². The van der Waals surface area contributed by atoms with Crippen molar-refractivity contribution in [1.82, 2.24) is 5.32 Å². The van der Waals surface area contributed by atoms with Crippen LogP contribution in [0.4, 0.5) is 5.69 Å². The molecule has 1 atom stereocenters. The van der Waals surface area contributed by atoms with E-state index >= 15 is 0 Å². The molecule has 23 heavy (non-hydrogen) atoms. The van der Waals surface area contributed by atoms with Gasteiger partial charge in [-0.15, -0.1) is 0 Å². The van der Waals surface area contributed by atoms with Crippen LogP contribution in [0.2, 0.25) is 5.02 Å². The molecule has 2 aromatic carbocycles. The monoisotopic (exact) mass is 330 g/mol. The first-order chi connectivity index (χ1) is 11.0. The molecule has 0 radical (unpaired) electrons. The summed E-state index contributed by atoms with van der Waals surface area (Å²) < 4.78 is 0. The molecule has 122 valence electrons. The van der Waals surface area contributed by atoms with Crippen molar-refractivity contribution in [3.63, 3.8) is 0 Å². The Hall–Kier alpha value is -1.84. The number of rotatable bonds is 6. The lowest BCUT2D eigenvalue weighted by Gasteiger charge is -2.17. The van der Waals surface area contributed by atoms with Gasteiger partial charge in [0.15, 0.2) is 0 Å². The topological polar surface area (TPSA) is 41.1 Å². The number of benzene rings is 2. The molecule has 4 heteroatoms. The molecule has 0 fully saturated rings. The minimum atomic E-state index is -0.198. The van der Waals surface area contributed by atoms with E-state index in [0.29, 0.717) is 22.5 Å². The second-order valence-electron chi connectivity index (χ2n) is 6.05. The van der Waals surface area contributed by atoms with E-state index in [1.807, 2.05) is 24.3 Å². The van der Waals surface area contributed by atoms with Crippen LogP contribution in [0.15, 0.2) is 48.5 Å². The van der Waals surface area contributed by atoms with Crippen LogP contribution in [0, 0.1) is 5.92 Å². The first kappa shape index (κ1) is 17.5. The van der Waals surface area contributed by atoms with Crippen molar-refractivity contribution in [2.24, 2.45) is 5.92 Å². The van der Waals surface area contributed by atoms with E-state index in [-0.39, 0.29) is 5.91 Å². The third-order valence-corrected chi connectivity index (χ3v) is 4.26. The summed E-state index contributed by atoms with van der Waals surface area (Å²) in [5.74, 6) is 0.384. The van der Waals surface area contributed by atoms with Crippen molar-refractivity contribution < 1.29 is 4.79 Å². The fourth-order valence-electron chi connectivity index (χ4n) is 2.12. The Kier molecular flexibility index (Phi) is 6.20. The molecule has 2 rings (SSSR count). The van der Waals surface area contributed by atoms with Crippen molar-refractivity contribution in [3.05, 3.63) is 64.7 Å². The highest BCUT2D eigenvalue weighted by molar-refractivity contribution is 6.34. The maximum Gasteiger partial charge on any atom is 0.257 e. The van der Waals surface area contributed by atoms with Crippen LogP contribution in [0.5, 0.6) is 0 Å². The Morgan fingerprint density at radius 1 is 1.09 bits per heavy atom. The van der Waals surface area contributed by atoms with Gasteiger partial charge in [-0.05, 0) is 42.7 Å². The van der Waals surface area contributed by atoms with E-state index in [1.165, 1.54) is 0 Å². The smallest absolute Gasteiger partial charge is 0.257 e. The lowest BCUT2D eigenvalue weighted by Crippen LogP contribution is -2.30. The van der Waals surface area contributed by atoms with Gasteiger partial charge in [-0.2, -0.15) is 0 Å². The van der Waals surface area contributed by atoms with Crippen molar-refractivity contribution in [1.29, 1.82) is 0 Å². The van der Waals surface area contributed by atoms with Crippen LogP contribution in [0.1, 0.15) is 36.7 Å². The number of amides is 1. The van der Waals surface area contributed by atoms with Crippen LogP contribution in [0.3, 0.4) is 0 Å². The molecular weight excluding hydrogens is 308 g/mol. The van der Waals surface area contributed by atoms with Gasteiger partial charge in [0.25, 0.3) is 5.91 Å². The molecule has 0 spiro atoms. The number of hydrogen-bond donors (Lipinski definition) is 2. The van der Waals surface area contributed by atoms with E-state index < -0.39 is 0 Å². The maximum atomic E-state index is 12.3. The zero-order valence-electron chi connectivity index (χ0n) is 13.8. The van der Waals surface area contributed by atoms with E-state index in [1.54, 1.807) is 24.3 Å². The van der Waals surface area contributed by atoms with E-state index in [4.69, 9.17) is 11.6 Å². The normalized spacial score (nSPS) is 12.2. The summed E-state index contributed by atoms with van der Waals surface area (Å²) in [5.41, 5.74) is 2.38. The highest BCUT2D eigenvalue weighted by atomic mass is 35.5. The molecule has 2 N–H and O–H groups in total. The number of halogens is 1. The molecule has 0 aliphatic rings. The zero-order valence-corrected chi connectivity index (χ0v) is 14.5. The van der Waals surface area contributed by atoms with Crippen molar-refractivity contribution in [2.45, 2.75) is 33.4 Å². The van der Waals surface area contributed by atoms with E-state index in [2.05, 4.69) is 31.4 Å². The van der Waals surface area contributed by atoms with Gasteiger partial charge >= 0.3 is 0 Å². The molecular formula is C19H23ClN2O. The fourth-order valence-corrected chi connectivity index (χ4v) is 2.34. The molecule has 1 unspecified atom stereocenters. The second-order valence-corrected chi connectivity index (χ2v) is 6.46. The fraction of sp³-hybridized carbons (Fsp3) is 0.316. The lowest BCUT2D eigenvalue weighted by molar-refractivity contribution is 0.102. The van der Waals surface area contributed by atoms with Gasteiger partial charge in [0, 0.05) is 18.3 Å². The van der Waals surface area contributed by atoms with Crippen LogP contribution < -0.4 is 10.6 Å². The minimum absolute atomic E-state index is 0.198.